The number of piperidine rings is 1. The van der Waals surface area contributed by atoms with Crippen LogP contribution in [0.25, 0.3) is 6.08 Å². The molecule has 1 aliphatic rings. The molecule has 0 unspecified atom stereocenters. The lowest BCUT2D eigenvalue weighted by molar-refractivity contribution is 0.260. The van der Waals surface area contributed by atoms with Crippen LogP contribution >= 0.6 is 0 Å². The third-order valence-corrected chi connectivity index (χ3v) is 3.57. The average Bonchev–Trinajstić information content (AvgIpc) is 2.42. The highest BCUT2D eigenvalue weighted by Crippen LogP contribution is 2.11. The first-order valence-electron chi connectivity index (χ1n) is 7.05. The van der Waals surface area contributed by atoms with Crippen molar-refractivity contribution in [1.82, 2.24) is 10.2 Å². The smallest absolute Gasteiger partial charge is 0.123 e. The van der Waals surface area contributed by atoms with Crippen LogP contribution in [-0.4, -0.2) is 38.1 Å². The van der Waals surface area contributed by atoms with Gasteiger partial charge in [0.05, 0.1) is 0 Å². The van der Waals surface area contributed by atoms with Gasteiger partial charge in [-0.2, -0.15) is 0 Å². The van der Waals surface area contributed by atoms with E-state index in [4.69, 9.17) is 0 Å². The molecule has 0 amide bonds. The van der Waals surface area contributed by atoms with E-state index in [-0.39, 0.29) is 5.82 Å². The summed E-state index contributed by atoms with van der Waals surface area (Å²) in [5, 5.41) is 3.45. The topological polar surface area (TPSA) is 15.3 Å². The van der Waals surface area contributed by atoms with E-state index in [9.17, 15) is 4.39 Å². The number of hydrogen-bond donors (Lipinski definition) is 1. The minimum atomic E-state index is -0.181. The number of hydrogen-bond acceptors (Lipinski definition) is 2. The van der Waals surface area contributed by atoms with Gasteiger partial charge in [-0.3, -0.25) is 0 Å². The summed E-state index contributed by atoms with van der Waals surface area (Å²) < 4.78 is 12.8. The van der Waals surface area contributed by atoms with E-state index in [1.165, 1.54) is 31.5 Å². The Morgan fingerprint density at radius 2 is 2.16 bits per heavy atom. The minimum Gasteiger partial charge on any atom is -0.316 e. The SMILES string of the molecule is CN(C/C=C/c1ccc(F)cc1)C[C@H]1CCCNC1. The fourth-order valence-electron chi connectivity index (χ4n) is 2.54. The molecule has 3 heteroatoms. The Balaban J connectivity index is 1.73. The van der Waals surface area contributed by atoms with Crippen LogP contribution in [0.2, 0.25) is 0 Å². The first kappa shape index (κ1) is 14.2. The van der Waals surface area contributed by atoms with Gasteiger partial charge in [0, 0.05) is 13.1 Å². The van der Waals surface area contributed by atoms with Crippen molar-refractivity contribution in [2.45, 2.75) is 12.8 Å². The summed E-state index contributed by atoms with van der Waals surface area (Å²) in [7, 11) is 2.16. The normalized spacial score (nSPS) is 20.3. The Hall–Kier alpha value is -1.19. The van der Waals surface area contributed by atoms with Crippen molar-refractivity contribution in [3.63, 3.8) is 0 Å². The highest BCUT2D eigenvalue weighted by molar-refractivity contribution is 5.48. The van der Waals surface area contributed by atoms with Crippen molar-refractivity contribution >= 4 is 6.08 Å². The Labute approximate surface area is 115 Å². The molecule has 0 spiro atoms. The molecule has 2 nitrogen and oxygen atoms in total. The molecule has 0 bridgehead atoms. The summed E-state index contributed by atoms with van der Waals surface area (Å²) in [6.45, 7) is 4.39. The van der Waals surface area contributed by atoms with Gasteiger partial charge in [-0.15, -0.1) is 0 Å². The van der Waals surface area contributed by atoms with Gasteiger partial charge in [-0.05, 0) is 56.6 Å². The lowest BCUT2D eigenvalue weighted by atomic mass is 9.99. The van der Waals surface area contributed by atoms with Gasteiger partial charge in [0.2, 0.25) is 0 Å². The van der Waals surface area contributed by atoms with Crippen LogP contribution in [0.5, 0.6) is 0 Å². The van der Waals surface area contributed by atoms with Gasteiger partial charge < -0.3 is 10.2 Å². The molecule has 1 aliphatic heterocycles. The maximum atomic E-state index is 12.8. The number of halogens is 1. The number of rotatable bonds is 5. The third-order valence-electron chi connectivity index (χ3n) is 3.57. The van der Waals surface area contributed by atoms with Gasteiger partial charge in [-0.25, -0.2) is 4.39 Å². The number of benzene rings is 1. The molecule has 104 valence electrons. The van der Waals surface area contributed by atoms with Crippen molar-refractivity contribution in [1.29, 1.82) is 0 Å². The average molecular weight is 262 g/mol. The fraction of sp³-hybridized carbons (Fsp3) is 0.500. The Kier molecular flexibility index (Phi) is 5.55. The predicted octanol–water partition coefficient (Wildman–Crippen LogP) is 2.77. The van der Waals surface area contributed by atoms with E-state index in [2.05, 4.69) is 29.4 Å². The van der Waals surface area contributed by atoms with Crippen molar-refractivity contribution in [2.24, 2.45) is 5.92 Å². The second-order valence-corrected chi connectivity index (χ2v) is 5.39. The molecule has 19 heavy (non-hydrogen) atoms. The maximum absolute atomic E-state index is 12.8. The van der Waals surface area contributed by atoms with Crippen LogP contribution in [0.3, 0.4) is 0 Å². The monoisotopic (exact) mass is 262 g/mol. The first-order chi connectivity index (χ1) is 9.24. The molecule has 0 aliphatic carbocycles. The van der Waals surface area contributed by atoms with E-state index in [0.717, 1.165) is 31.1 Å². The van der Waals surface area contributed by atoms with Crippen LogP contribution in [0.4, 0.5) is 4.39 Å². The molecule has 1 saturated heterocycles. The van der Waals surface area contributed by atoms with Crippen LogP contribution in [-0.2, 0) is 0 Å². The van der Waals surface area contributed by atoms with Crippen LogP contribution < -0.4 is 5.32 Å². The van der Waals surface area contributed by atoms with E-state index in [0.29, 0.717) is 0 Å². The summed E-state index contributed by atoms with van der Waals surface area (Å²) in [5.74, 6) is 0.594. The van der Waals surface area contributed by atoms with E-state index in [1.54, 1.807) is 12.1 Å². The molecule has 1 atom stereocenters. The second-order valence-electron chi connectivity index (χ2n) is 5.39. The van der Waals surface area contributed by atoms with Gasteiger partial charge in [0.25, 0.3) is 0 Å². The standard InChI is InChI=1S/C16H23FN2/c1-19(13-15-4-2-10-18-12-15)11-3-5-14-6-8-16(17)9-7-14/h3,5-9,15,18H,2,4,10-13H2,1H3/b5-3+/t15-/m0/s1. The Morgan fingerprint density at radius 3 is 2.84 bits per heavy atom. The van der Waals surface area contributed by atoms with Gasteiger partial charge in [-0.1, -0.05) is 24.3 Å². The molecule has 1 aromatic carbocycles. The molecule has 2 rings (SSSR count). The van der Waals surface area contributed by atoms with Crippen LogP contribution in [0.1, 0.15) is 18.4 Å². The predicted molar refractivity (Wildman–Crippen MR) is 78.5 cm³/mol. The number of nitrogens with one attached hydrogen (secondary N) is 1. The quantitative estimate of drug-likeness (QED) is 0.878. The molecule has 1 heterocycles. The third kappa shape index (κ3) is 5.13. The van der Waals surface area contributed by atoms with Gasteiger partial charge in [0.1, 0.15) is 5.82 Å². The second kappa shape index (κ2) is 7.41. The maximum Gasteiger partial charge on any atom is 0.123 e. The Morgan fingerprint density at radius 1 is 1.37 bits per heavy atom. The van der Waals surface area contributed by atoms with Crippen molar-refractivity contribution < 1.29 is 4.39 Å². The number of likely N-dealkylation sites (N-methyl/N-ethyl adjacent to an activating group) is 1. The largest absolute Gasteiger partial charge is 0.316 e. The van der Waals surface area contributed by atoms with E-state index < -0.39 is 0 Å². The van der Waals surface area contributed by atoms with Crippen molar-refractivity contribution in [3.05, 3.63) is 41.7 Å². The number of nitrogens with zero attached hydrogens (tertiary/aromatic N) is 1. The Bertz CT molecular complexity index is 394. The zero-order valence-electron chi connectivity index (χ0n) is 11.6. The van der Waals surface area contributed by atoms with Crippen LogP contribution in [0, 0.1) is 11.7 Å². The molecule has 1 N–H and O–H groups in total. The molecule has 0 radical (unpaired) electrons. The minimum absolute atomic E-state index is 0.181. The van der Waals surface area contributed by atoms with Gasteiger partial charge >= 0.3 is 0 Å². The molecular formula is C16H23FN2. The first-order valence-corrected chi connectivity index (χ1v) is 7.05. The summed E-state index contributed by atoms with van der Waals surface area (Å²) in [4.78, 5) is 2.34. The van der Waals surface area contributed by atoms with Crippen LogP contribution in [0.15, 0.2) is 30.3 Å². The zero-order valence-corrected chi connectivity index (χ0v) is 11.6. The lowest BCUT2D eigenvalue weighted by Crippen LogP contribution is -2.36. The highest BCUT2D eigenvalue weighted by Gasteiger charge is 2.13. The summed E-state index contributed by atoms with van der Waals surface area (Å²) in [5.41, 5.74) is 1.05. The van der Waals surface area contributed by atoms with Crippen molar-refractivity contribution in [3.8, 4) is 0 Å². The summed E-state index contributed by atoms with van der Waals surface area (Å²) in [6.07, 6.45) is 6.82. The zero-order chi connectivity index (χ0) is 13.5. The summed E-state index contributed by atoms with van der Waals surface area (Å²) in [6, 6.07) is 6.60. The van der Waals surface area contributed by atoms with E-state index in [1.807, 2.05) is 0 Å². The molecule has 1 aromatic rings. The fourth-order valence-corrected chi connectivity index (χ4v) is 2.54. The highest BCUT2D eigenvalue weighted by atomic mass is 19.1. The molecule has 0 saturated carbocycles. The molecule has 1 fully saturated rings. The lowest BCUT2D eigenvalue weighted by Gasteiger charge is -2.26. The molecular weight excluding hydrogens is 239 g/mol. The van der Waals surface area contributed by atoms with E-state index >= 15 is 0 Å². The van der Waals surface area contributed by atoms with Gasteiger partial charge in [0.15, 0.2) is 0 Å². The van der Waals surface area contributed by atoms with Crippen molar-refractivity contribution in [2.75, 3.05) is 33.2 Å². The molecule has 0 aromatic heterocycles. The summed E-state index contributed by atoms with van der Waals surface area (Å²) >= 11 is 0.